The minimum absolute atomic E-state index is 0.197. The molecule has 1 aliphatic rings. The van der Waals surface area contributed by atoms with E-state index >= 15 is 0 Å². The molecule has 1 aliphatic heterocycles. The van der Waals surface area contributed by atoms with Gasteiger partial charge in [0.05, 0.1) is 16.7 Å². The van der Waals surface area contributed by atoms with Crippen molar-refractivity contribution in [3.63, 3.8) is 0 Å². The van der Waals surface area contributed by atoms with Crippen molar-refractivity contribution in [2.75, 3.05) is 5.32 Å². The Morgan fingerprint density at radius 1 is 0.510 bits per heavy atom. The summed E-state index contributed by atoms with van der Waals surface area (Å²) in [6, 6.07) is 53.2. The number of benzene rings is 7. The van der Waals surface area contributed by atoms with E-state index < -0.39 is 0 Å². The molecule has 230 valence electrons. The summed E-state index contributed by atoms with van der Waals surface area (Å²) < 4.78 is 2.41. The van der Waals surface area contributed by atoms with E-state index in [-0.39, 0.29) is 6.04 Å². The molecule has 3 heterocycles. The predicted molar refractivity (Wildman–Crippen MR) is 202 cm³/mol. The number of nitrogens with zero attached hydrogens (tertiary/aromatic N) is 4. The van der Waals surface area contributed by atoms with Gasteiger partial charge in [-0.25, -0.2) is 15.0 Å². The van der Waals surface area contributed by atoms with Crippen molar-refractivity contribution in [1.29, 1.82) is 0 Å². The van der Waals surface area contributed by atoms with Crippen LogP contribution < -0.4 is 5.32 Å². The molecule has 9 aromatic rings. The fourth-order valence-electron chi connectivity index (χ4n) is 7.30. The molecule has 0 fully saturated rings. The summed E-state index contributed by atoms with van der Waals surface area (Å²) in [5, 5.41) is 10.8. The summed E-state index contributed by atoms with van der Waals surface area (Å²) >= 11 is 0. The summed E-state index contributed by atoms with van der Waals surface area (Å²) in [6.07, 6.45) is 4.27. The van der Waals surface area contributed by atoms with Crippen LogP contribution in [0.3, 0.4) is 0 Å². The monoisotopic (exact) mass is 627 g/mol. The summed E-state index contributed by atoms with van der Waals surface area (Å²) in [7, 11) is 0. The predicted octanol–water partition coefficient (Wildman–Crippen LogP) is 10.8. The van der Waals surface area contributed by atoms with Crippen LogP contribution in [0.2, 0.25) is 0 Å². The molecular weight excluding hydrogens is 599 g/mol. The van der Waals surface area contributed by atoms with E-state index in [9.17, 15) is 0 Å². The number of anilines is 1. The van der Waals surface area contributed by atoms with E-state index in [1.54, 1.807) is 0 Å². The minimum atomic E-state index is -0.197. The molecule has 5 nitrogen and oxygen atoms in total. The van der Waals surface area contributed by atoms with Crippen molar-refractivity contribution in [3.05, 3.63) is 169 Å². The highest BCUT2D eigenvalue weighted by Gasteiger charge is 2.22. The highest BCUT2D eigenvalue weighted by atomic mass is 15.1. The van der Waals surface area contributed by atoms with E-state index in [4.69, 9.17) is 15.0 Å². The van der Waals surface area contributed by atoms with Gasteiger partial charge in [-0.05, 0) is 58.1 Å². The van der Waals surface area contributed by atoms with Gasteiger partial charge in [0.1, 0.15) is 6.04 Å². The minimum Gasteiger partial charge on any atom is -0.371 e. The molecule has 0 aliphatic carbocycles. The molecule has 10 rings (SSSR count). The van der Waals surface area contributed by atoms with E-state index in [1.807, 2.05) is 24.3 Å². The molecule has 0 spiro atoms. The van der Waals surface area contributed by atoms with E-state index in [0.29, 0.717) is 17.5 Å². The molecule has 0 bridgehead atoms. The van der Waals surface area contributed by atoms with Crippen LogP contribution in [0, 0.1) is 0 Å². The lowest BCUT2D eigenvalue weighted by Crippen LogP contribution is -2.16. The van der Waals surface area contributed by atoms with Crippen LogP contribution in [-0.2, 0) is 0 Å². The van der Waals surface area contributed by atoms with Crippen molar-refractivity contribution < 1.29 is 0 Å². The Kier molecular flexibility index (Phi) is 6.18. The number of nitrogens with one attached hydrogen (secondary N) is 1. The topological polar surface area (TPSA) is 55.6 Å². The van der Waals surface area contributed by atoms with Crippen LogP contribution in [0.1, 0.15) is 17.4 Å². The molecule has 1 N–H and O–H groups in total. The standard InChI is InChI=1S/C44H29N5/c1-2-13-29(14-3-1)42-46-43(48-44(47-42)38-24-22-28-12-6-10-20-37(28)45-38)35-23-25-40(33-18-8-7-17-32(33)35)49-39-21-11-9-19-34(39)36-26-30-15-4-5-16-31(30)27-41(36)49/h1-27,38,45H. The molecule has 2 aromatic heterocycles. The zero-order valence-electron chi connectivity index (χ0n) is 26.5. The number of hydrogen-bond acceptors (Lipinski definition) is 4. The second-order valence-electron chi connectivity index (χ2n) is 12.5. The maximum Gasteiger partial charge on any atom is 0.164 e. The Bertz CT molecular complexity index is 2760. The van der Waals surface area contributed by atoms with Gasteiger partial charge in [0, 0.05) is 33.0 Å². The smallest absolute Gasteiger partial charge is 0.164 e. The third-order valence-corrected chi connectivity index (χ3v) is 9.63. The quantitative estimate of drug-likeness (QED) is 0.211. The van der Waals surface area contributed by atoms with Gasteiger partial charge in [0.2, 0.25) is 0 Å². The van der Waals surface area contributed by atoms with E-state index in [2.05, 4.69) is 149 Å². The second-order valence-corrected chi connectivity index (χ2v) is 12.5. The summed E-state index contributed by atoms with van der Waals surface area (Å²) in [5.41, 5.74) is 7.60. The largest absolute Gasteiger partial charge is 0.371 e. The number of para-hydroxylation sites is 2. The zero-order valence-corrected chi connectivity index (χ0v) is 26.5. The Morgan fingerprint density at radius 2 is 1.20 bits per heavy atom. The number of rotatable bonds is 4. The first kappa shape index (κ1) is 27.5. The highest BCUT2D eigenvalue weighted by Crippen LogP contribution is 2.39. The summed E-state index contributed by atoms with van der Waals surface area (Å²) in [6.45, 7) is 0. The van der Waals surface area contributed by atoms with Gasteiger partial charge in [-0.2, -0.15) is 0 Å². The summed E-state index contributed by atoms with van der Waals surface area (Å²) in [4.78, 5) is 15.3. The van der Waals surface area contributed by atoms with Gasteiger partial charge in [-0.15, -0.1) is 0 Å². The third kappa shape index (κ3) is 4.51. The fourth-order valence-corrected chi connectivity index (χ4v) is 7.30. The maximum absolute atomic E-state index is 5.16. The second kappa shape index (κ2) is 11.0. The fraction of sp³-hybridized carbons (Fsp3) is 0.0227. The Hall–Kier alpha value is -6.59. The number of aromatic nitrogens is 4. The van der Waals surface area contributed by atoms with Crippen LogP contribution in [0.5, 0.6) is 0 Å². The van der Waals surface area contributed by atoms with Crippen molar-refractivity contribution in [3.8, 4) is 28.5 Å². The molecule has 1 unspecified atom stereocenters. The molecule has 7 aromatic carbocycles. The lowest BCUT2D eigenvalue weighted by atomic mass is 10.0. The first-order valence-corrected chi connectivity index (χ1v) is 16.6. The lowest BCUT2D eigenvalue weighted by Gasteiger charge is -2.22. The summed E-state index contributed by atoms with van der Waals surface area (Å²) in [5.74, 6) is 1.98. The van der Waals surface area contributed by atoms with Gasteiger partial charge < -0.3 is 9.88 Å². The first-order valence-electron chi connectivity index (χ1n) is 16.6. The maximum atomic E-state index is 5.16. The molecular formula is C44H29N5. The van der Waals surface area contributed by atoms with Crippen LogP contribution in [-0.4, -0.2) is 19.5 Å². The molecule has 0 amide bonds. The van der Waals surface area contributed by atoms with E-state index in [0.717, 1.165) is 38.8 Å². The van der Waals surface area contributed by atoms with Crippen molar-refractivity contribution >= 4 is 55.1 Å². The molecule has 5 heteroatoms. The molecule has 0 saturated carbocycles. The highest BCUT2D eigenvalue weighted by molar-refractivity contribution is 6.15. The van der Waals surface area contributed by atoms with Crippen LogP contribution in [0.15, 0.2) is 158 Å². The molecule has 0 radical (unpaired) electrons. The number of hydrogen-bond donors (Lipinski definition) is 1. The van der Waals surface area contributed by atoms with Gasteiger partial charge >= 0.3 is 0 Å². The lowest BCUT2D eigenvalue weighted by molar-refractivity contribution is 0.838. The Morgan fingerprint density at radius 3 is 2.08 bits per heavy atom. The van der Waals surface area contributed by atoms with Crippen LogP contribution in [0.25, 0.3) is 77.9 Å². The van der Waals surface area contributed by atoms with Gasteiger partial charge in [-0.1, -0.05) is 127 Å². The normalized spacial score (nSPS) is 14.0. The van der Waals surface area contributed by atoms with Gasteiger partial charge in [-0.3, -0.25) is 0 Å². The van der Waals surface area contributed by atoms with Gasteiger partial charge in [0.25, 0.3) is 0 Å². The van der Waals surface area contributed by atoms with Gasteiger partial charge in [0.15, 0.2) is 17.5 Å². The van der Waals surface area contributed by atoms with Crippen molar-refractivity contribution in [2.45, 2.75) is 6.04 Å². The molecule has 1 atom stereocenters. The van der Waals surface area contributed by atoms with Crippen molar-refractivity contribution in [2.24, 2.45) is 0 Å². The van der Waals surface area contributed by atoms with Crippen molar-refractivity contribution in [1.82, 2.24) is 19.5 Å². The van der Waals surface area contributed by atoms with Crippen LogP contribution in [0.4, 0.5) is 5.69 Å². The van der Waals surface area contributed by atoms with Crippen LogP contribution >= 0.6 is 0 Å². The Balaban J connectivity index is 1.19. The number of fused-ring (bicyclic) bond motifs is 6. The molecule has 0 saturated heterocycles. The first-order chi connectivity index (χ1) is 24.3. The zero-order chi connectivity index (χ0) is 32.3. The SMILES string of the molecule is C1=CC(c2nc(-c3ccccc3)nc(-c3ccc(-n4c5ccccc5c5cc6ccccc6cc54)c4ccccc34)n2)Nc2ccccc21. The molecule has 49 heavy (non-hydrogen) atoms. The third-order valence-electron chi connectivity index (χ3n) is 9.63. The van der Waals surface area contributed by atoms with E-state index in [1.165, 1.54) is 32.6 Å². The Labute approximate surface area is 282 Å². The average Bonchev–Trinajstić information content (AvgIpc) is 3.49. The average molecular weight is 628 g/mol.